The van der Waals surface area contributed by atoms with E-state index in [9.17, 15) is 9.18 Å². The Morgan fingerprint density at radius 1 is 1.32 bits per heavy atom. The summed E-state index contributed by atoms with van der Waals surface area (Å²) in [5.41, 5.74) is 1.70. The maximum atomic E-state index is 12.9. The van der Waals surface area contributed by atoms with Gasteiger partial charge >= 0.3 is 0 Å². The van der Waals surface area contributed by atoms with Crippen LogP contribution < -0.4 is 5.32 Å². The number of anilines is 1. The van der Waals surface area contributed by atoms with Crippen LogP contribution in [0.5, 0.6) is 0 Å². The van der Waals surface area contributed by atoms with Gasteiger partial charge < -0.3 is 5.32 Å². The average Bonchev–Trinajstić information content (AvgIpc) is 2.98. The molecule has 1 N–H and O–H groups in total. The number of aryl methyl sites for hydroxylation is 1. The molecule has 0 spiro atoms. The van der Waals surface area contributed by atoms with Crippen LogP contribution in [0.15, 0.2) is 29.3 Å². The summed E-state index contributed by atoms with van der Waals surface area (Å²) in [5.74, 6) is -0.0402. The molecule has 1 aromatic carbocycles. The lowest BCUT2D eigenvalue weighted by molar-refractivity contribution is 0.102. The third-order valence-electron chi connectivity index (χ3n) is 3.72. The fourth-order valence-corrected chi connectivity index (χ4v) is 2.48. The highest BCUT2D eigenvalue weighted by atomic mass is 19.1. The van der Waals surface area contributed by atoms with Crippen molar-refractivity contribution in [1.82, 2.24) is 9.78 Å². The largest absolute Gasteiger partial charge is 0.306 e. The minimum absolute atomic E-state index is 0.296. The van der Waals surface area contributed by atoms with Crippen molar-refractivity contribution < 1.29 is 9.18 Å². The van der Waals surface area contributed by atoms with Crippen molar-refractivity contribution in [3.8, 4) is 0 Å². The first-order chi connectivity index (χ1) is 10.4. The van der Waals surface area contributed by atoms with Crippen LogP contribution in [0.1, 0.15) is 42.4 Å². The Morgan fingerprint density at radius 3 is 2.64 bits per heavy atom. The number of aliphatic imine (C=N–C) groups is 1. The number of aromatic nitrogens is 2. The van der Waals surface area contributed by atoms with Gasteiger partial charge in [-0.3, -0.25) is 9.79 Å². The Kier molecular flexibility index (Phi) is 3.31. The minimum atomic E-state index is -0.384. The minimum Gasteiger partial charge on any atom is -0.306 e. The first-order valence-corrected chi connectivity index (χ1v) is 7.16. The summed E-state index contributed by atoms with van der Waals surface area (Å²) in [6.07, 6.45) is 1.74. The normalized spacial score (nSPS) is 14.9. The number of fused-ring (bicyclic) bond motifs is 1. The van der Waals surface area contributed by atoms with Crippen molar-refractivity contribution in [1.29, 1.82) is 0 Å². The fraction of sp³-hybridized carbons (Fsp3) is 0.312. The zero-order valence-corrected chi connectivity index (χ0v) is 12.7. The van der Waals surface area contributed by atoms with Crippen LogP contribution in [0.25, 0.3) is 0 Å². The van der Waals surface area contributed by atoms with Gasteiger partial charge in [-0.25, -0.2) is 9.07 Å². The summed E-state index contributed by atoms with van der Waals surface area (Å²) in [7, 11) is 0. The van der Waals surface area contributed by atoms with Gasteiger partial charge in [0.15, 0.2) is 0 Å². The Labute approximate surface area is 127 Å². The standard InChI is InChI=1S/C16H17FN4O/c1-4-21-14(12-9-18-16(2,3)13(12)20-21)19-15(22)10-5-7-11(17)8-6-10/h5-9H,4H2,1-3H3,(H,19,22). The summed E-state index contributed by atoms with van der Waals surface area (Å²) in [4.78, 5) is 16.8. The van der Waals surface area contributed by atoms with E-state index in [1.165, 1.54) is 24.3 Å². The number of hydrogen-bond donors (Lipinski definition) is 1. The zero-order chi connectivity index (χ0) is 15.9. The van der Waals surface area contributed by atoms with Gasteiger partial charge in [0, 0.05) is 18.3 Å². The highest BCUT2D eigenvalue weighted by molar-refractivity contribution is 6.06. The predicted molar refractivity (Wildman–Crippen MR) is 82.9 cm³/mol. The van der Waals surface area contributed by atoms with Crippen molar-refractivity contribution in [2.75, 3.05) is 5.32 Å². The molecule has 2 aromatic rings. The zero-order valence-electron chi connectivity index (χ0n) is 12.7. The first-order valence-electron chi connectivity index (χ1n) is 7.16. The molecule has 0 bridgehead atoms. The van der Waals surface area contributed by atoms with Crippen LogP contribution in [0.4, 0.5) is 10.2 Å². The highest BCUT2D eigenvalue weighted by Gasteiger charge is 2.33. The van der Waals surface area contributed by atoms with Gasteiger partial charge in [0.25, 0.3) is 5.91 Å². The van der Waals surface area contributed by atoms with E-state index in [0.717, 1.165) is 11.3 Å². The number of hydrogen-bond acceptors (Lipinski definition) is 3. The summed E-state index contributed by atoms with van der Waals surface area (Å²) in [6, 6.07) is 5.44. The van der Waals surface area contributed by atoms with Gasteiger partial charge in [0.1, 0.15) is 17.3 Å². The Balaban J connectivity index is 1.94. The van der Waals surface area contributed by atoms with Crippen molar-refractivity contribution in [2.45, 2.75) is 32.9 Å². The smallest absolute Gasteiger partial charge is 0.256 e. The maximum Gasteiger partial charge on any atom is 0.256 e. The Bertz CT molecular complexity index is 759. The summed E-state index contributed by atoms with van der Waals surface area (Å²) < 4.78 is 14.7. The number of amides is 1. The van der Waals surface area contributed by atoms with Crippen LogP contribution >= 0.6 is 0 Å². The third-order valence-corrected chi connectivity index (χ3v) is 3.72. The molecule has 6 heteroatoms. The molecule has 0 atom stereocenters. The van der Waals surface area contributed by atoms with E-state index in [4.69, 9.17) is 0 Å². The molecule has 0 saturated heterocycles. The molecule has 0 fully saturated rings. The number of benzene rings is 1. The van der Waals surface area contributed by atoms with E-state index in [1.54, 1.807) is 10.9 Å². The number of nitrogens with zero attached hydrogens (tertiary/aromatic N) is 3. The van der Waals surface area contributed by atoms with Crippen molar-refractivity contribution >= 4 is 17.9 Å². The molecular formula is C16H17FN4O. The second-order valence-corrected chi connectivity index (χ2v) is 5.70. The predicted octanol–water partition coefficient (Wildman–Crippen LogP) is 2.96. The van der Waals surface area contributed by atoms with Crippen molar-refractivity contribution in [3.05, 3.63) is 46.9 Å². The number of carbonyl (C=O) groups is 1. The van der Waals surface area contributed by atoms with Crippen molar-refractivity contribution in [3.63, 3.8) is 0 Å². The number of carbonyl (C=O) groups excluding carboxylic acids is 1. The van der Waals surface area contributed by atoms with Gasteiger partial charge in [0.2, 0.25) is 0 Å². The molecule has 1 amide bonds. The molecule has 3 rings (SSSR count). The molecule has 0 aliphatic carbocycles. The second kappa shape index (κ2) is 5.05. The topological polar surface area (TPSA) is 59.3 Å². The van der Waals surface area contributed by atoms with Crippen LogP contribution in [0.3, 0.4) is 0 Å². The van der Waals surface area contributed by atoms with Gasteiger partial charge in [-0.05, 0) is 45.0 Å². The van der Waals surface area contributed by atoms with Crippen LogP contribution in [0.2, 0.25) is 0 Å². The molecule has 2 heterocycles. The van der Waals surface area contributed by atoms with E-state index >= 15 is 0 Å². The van der Waals surface area contributed by atoms with Gasteiger partial charge in [-0.15, -0.1) is 0 Å². The maximum absolute atomic E-state index is 12.9. The monoisotopic (exact) mass is 300 g/mol. The second-order valence-electron chi connectivity index (χ2n) is 5.70. The van der Waals surface area contributed by atoms with Crippen LogP contribution in [0, 0.1) is 5.82 Å². The third kappa shape index (κ3) is 2.30. The molecule has 1 aromatic heterocycles. The molecule has 1 aliphatic rings. The quantitative estimate of drug-likeness (QED) is 0.947. The van der Waals surface area contributed by atoms with E-state index in [1.807, 2.05) is 20.8 Å². The lowest BCUT2D eigenvalue weighted by Gasteiger charge is -2.12. The van der Waals surface area contributed by atoms with E-state index < -0.39 is 0 Å². The molecule has 114 valence electrons. The van der Waals surface area contributed by atoms with E-state index in [2.05, 4.69) is 15.4 Å². The summed E-state index contributed by atoms with van der Waals surface area (Å²) in [6.45, 7) is 6.55. The van der Waals surface area contributed by atoms with Crippen LogP contribution in [-0.4, -0.2) is 21.9 Å². The molecular weight excluding hydrogens is 283 g/mol. The molecule has 0 saturated carbocycles. The molecule has 5 nitrogen and oxygen atoms in total. The highest BCUT2D eigenvalue weighted by Crippen LogP contribution is 2.35. The number of halogens is 1. The first kappa shape index (κ1) is 14.4. The Hall–Kier alpha value is -2.50. The van der Waals surface area contributed by atoms with E-state index in [-0.39, 0.29) is 17.3 Å². The van der Waals surface area contributed by atoms with E-state index in [0.29, 0.717) is 17.9 Å². The van der Waals surface area contributed by atoms with Gasteiger partial charge in [-0.1, -0.05) is 0 Å². The lowest BCUT2D eigenvalue weighted by Crippen LogP contribution is -2.16. The number of rotatable bonds is 3. The van der Waals surface area contributed by atoms with Gasteiger partial charge in [-0.2, -0.15) is 5.10 Å². The SMILES string of the molecule is CCn1nc2c(c1NC(=O)c1ccc(F)cc1)C=NC2(C)C. The molecule has 22 heavy (non-hydrogen) atoms. The number of nitrogens with one attached hydrogen (secondary N) is 1. The van der Waals surface area contributed by atoms with Gasteiger partial charge in [0.05, 0.1) is 11.1 Å². The van der Waals surface area contributed by atoms with Crippen LogP contribution in [-0.2, 0) is 12.1 Å². The fourth-order valence-electron chi connectivity index (χ4n) is 2.48. The summed E-state index contributed by atoms with van der Waals surface area (Å²) >= 11 is 0. The van der Waals surface area contributed by atoms with Crippen molar-refractivity contribution in [2.24, 2.45) is 4.99 Å². The molecule has 0 radical (unpaired) electrons. The molecule has 1 aliphatic heterocycles. The summed E-state index contributed by atoms with van der Waals surface area (Å²) in [5, 5.41) is 7.40. The Morgan fingerprint density at radius 2 is 2.00 bits per heavy atom. The average molecular weight is 300 g/mol. The lowest BCUT2D eigenvalue weighted by atomic mass is 10.0. The molecule has 0 unspecified atom stereocenters.